The number of aryl methyl sites for hydroxylation is 1. The Kier molecular flexibility index (Phi) is 5.02. The number of rotatable bonds is 4. The van der Waals surface area contributed by atoms with Crippen molar-refractivity contribution in [3.05, 3.63) is 57.0 Å². The molecule has 0 aliphatic heterocycles. The molecule has 0 radical (unpaired) electrons. The first-order chi connectivity index (χ1) is 11.6. The van der Waals surface area contributed by atoms with Crippen LogP contribution in [0.3, 0.4) is 0 Å². The van der Waals surface area contributed by atoms with E-state index < -0.39 is 19.9 Å². The molecule has 0 amide bonds. The van der Waals surface area contributed by atoms with E-state index >= 15 is 0 Å². The Labute approximate surface area is 160 Å². The number of sulfonamides is 1. The van der Waals surface area contributed by atoms with Crippen molar-refractivity contribution >= 4 is 47.4 Å². The SMILES string of the molecule is CS(=O)(=O)c1ccc(Br)c(S(=O)(=O)NC2CCc3cc(Cl)ccc32)c1. The minimum absolute atomic E-state index is 0.0466. The highest BCUT2D eigenvalue weighted by atomic mass is 79.9. The van der Waals surface area contributed by atoms with E-state index in [9.17, 15) is 16.8 Å². The van der Waals surface area contributed by atoms with Crippen LogP contribution in [0.2, 0.25) is 5.02 Å². The summed E-state index contributed by atoms with van der Waals surface area (Å²) in [6.45, 7) is 0. The van der Waals surface area contributed by atoms with Crippen molar-refractivity contribution in [3.63, 3.8) is 0 Å². The van der Waals surface area contributed by atoms with Crippen LogP contribution >= 0.6 is 27.5 Å². The van der Waals surface area contributed by atoms with Crippen LogP contribution in [0.1, 0.15) is 23.6 Å². The first kappa shape index (κ1) is 18.8. The van der Waals surface area contributed by atoms with Gasteiger partial charge in [0.05, 0.1) is 9.79 Å². The van der Waals surface area contributed by atoms with Crippen LogP contribution in [0.4, 0.5) is 0 Å². The average Bonchev–Trinajstić information content (AvgIpc) is 2.87. The number of halogens is 2. The molecule has 0 spiro atoms. The molecule has 1 atom stereocenters. The van der Waals surface area contributed by atoms with E-state index in [0.29, 0.717) is 15.9 Å². The largest absolute Gasteiger partial charge is 0.242 e. The number of sulfone groups is 1. The molecule has 2 aromatic rings. The van der Waals surface area contributed by atoms with Crippen molar-refractivity contribution in [2.75, 3.05) is 6.26 Å². The molecule has 0 aromatic heterocycles. The van der Waals surface area contributed by atoms with Crippen molar-refractivity contribution in [1.82, 2.24) is 4.72 Å². The zero-order valence-electron chi connectivity index (χ0n) is 13.2. The lowest BCUT2D eigenvalue weighted by atomic mass is 10.1. The fourth-order valence-corrected chi connectivity index (χ4v) is 6.04. The van der Waals surface area contributed by atoms with Gasteiger partial charge in [-0.3, -0.25) is 0 Å². The molecular weight excluding hydrogens is 450 g/mol. The summed E-state index contributed by atoms with van der Waals surface area (Å²) in [7, 11) is -7.42. The molecular formula is C16H15BrClNO4S2. The monoisotopic (exact) mass is 463 g/mol. The predicted molar refractivity (Wildman–Crippen MR) is 100 cm³/mol. The maximum Gasteiger partial charge on any atom is 0.242 e. The smallest absolute Gasteiger partial charge is 0.224 e. The van der Waals surface area contributed by atoms with E-state index in [1.54, 1.807) is 6.07 Å². The van der Waals surface area contributed by atoms with E-state index in [0.717, 1.165) is 23.8 Å². The fourth-order valence-electron chi connectivity index (χ4n) is 2.88. The van der Waals surface area contributed by atoms with E-state index in [2.05, 4.69) is 20.7 Å². The highest BCUT2D eigenvalue weighted by Gasteiger charge is 2.29. The molecule has 2 aromatic carbocycles. The molecule has 134 valence electrons. The fraction of sp³-hybridized carbons (Fsp3) is 0.250. The predicted octanol–water partition coefficient (Wildman–Crippen LogP) is 3.47. The molecule has 5 nitrogen and oxygen atoms in total. The second-order valence-electron chi connectivity index (χ2n) is 5.92. The van der Waals surface area contributed by atoms with Gasteiger partial charge in [-0.2, -0.15) is 0 Å². The summed E-state index contributed by atoms with van der Waals surface area (Å²) < 4.78 is 52.0. The van der Waals surface area contributed by atoms with Gasteiger partial charge in [-0.25, -0.2) is 21.6 Å². The molecule has 1 N–H and O–H groups in total. The van der Waals surface area contributed by atoms with E-state index in [1.807, 2.05) is 12.1 Å². The van der Waals surface area contributed by atoms with Gasteiger partial charge in [-0.15, -0.1) is 0 Å². The van der Waals surface area contributed by atoms with Crippen LogP contribution < -0.4 is 4.72 Å². The topological polar surface area (TPSA) is 80.3 Å². The molecule has 1 unspecified atom stereocenters. The molecule has 0 heterocycles. The summed E-state index contributed by atoms with van der Waals surface area (Å²) in [5.74, 6) is 0. The quantitative estimate of drug-likeness (QED) is 0.751. The Morgan fingerprint density at radius 2 is 1.84 bits per heavy atom. The van der Waals surface area contributed by atoms with Crippen molar-refractivity contribution in [3.8, 4) is 0 Å². The average molecular weight is 465 g/mol. The van der Waals surface area contributed by atoms with Gasteiger partial charge in [-0.1, -0.05) is 17.7 Å². The van der Waals surface area contributed by atoms with Gasteiger partial charge < -0.3 is 0 Å². The summed E-state index contributed by atoms with van der Waals surface area (Å²) in [5.41, 5.74) is 1.91. The van der Waals surface area contributed by atoms with Crippen LogP contribution in [0.5, 0.6) is 0 Å². The van der Waals surface area contributed by atoms with Gasteiger partial charge in [0, 0.05) is 21.8 Å². The summed E-state index contributed by atoms with van der Waals surface area (Å²) in [5, 5.41) is 0.617. The maximum atomic E-state index is 12.8. The van der Waals surface area contributed by atoms with Crippen LogP contribution in [0, 0.1) is 0 Å². The minimum Gasteiger partial charge on any atom is -0.224 e. The molecule has 0 fully saturated rings. The number of nitrogens with one attached hydrogen (secondary N) is 1. The Bertz CT molecular complexity index is 1050. The maximum absolute atomic E-state index is 12.8. The van der Waals surface area contributed by atoms with Gasteiger partial charge in [0.25, 0.3) is 0 Å². The number of fused-ring (bicyclic) bond motifs is 1. The zero-order chi connectivity index (χ0) is 18.4. The highest BCUT2D eigenvalue weighted by Crippen LogP contribution is 2.35. The van der Waals surface area contributed by atoms with Crippen LogP contribution in [-0.4, -0.2) is 23.1 Å². The first-order valence-electron chi connectivity index (χ1n) is 7.38. The zero-order valence-corrected chi connectivity index (χ0v) is 17.1. The minimum atomic E-state index is -3.90. The number of hydrogen-bond acceptors (Lipinski definition) is 4. The standard InChI is InChI=1S/C16H15BrClNO4S2/c1-24(20,21)12-4-6-14(17)16(9-12)25(22,23)19-15-7-2-10-8-11(18)3-5-13(10)15/h3-6,8-9,15,19H,2,7H2,1H3. The molecule has 0 saturated carbocycles. The molecule has 0 bridgehead atoms. The Balaban J connectivity index is 1.97. The van der Waals surface area contributed by atoms with Gasteiger partial charge in [0.15, 0.2) is 9.84 Å². The van der Waals surface area contributed by atoms with E-state index in [-0.39, 0.29) is 15.8 Å². The summed E-state index contributed by atoms with van der Waals surface area (Å²) in [6.07, 6.45) is 2.39. The Morgan fingerprint density at radius 1 is 1.12 bits per heavy atom. The molecule has 3 rings (SSSR count). The van der Waals surface area contributed by atoms with Crippen LogP contribution in [-0.2, 0) is 26.3 Å². The third kappa shape index (κ3) is 3.93. The van der Waals surface area contributed by atoms with Gasteiger partial charge >= 0.3 is 0 Å². The normalized spacial score (nSPS) is 17.5. The summed E-state index contributed by atoms with van der Waals surface area (Å²) >= 11 is 9.17. The first-order valence-corrected chi connectivity index (χ1v) is 11.9. The van der Waals surface area contributed by atoms with Crippen molar-refractivity contribution in [2.24, 2.45) is 0 Å². The third-order valence-corrected chi connectivity index (χ3v) is 7.91. The van der Waals surface area contributed by atoms with Crippen molar-refractivity contribution in [2.45, 2.75) is 28.7 Å². The number of benzene rings is 2. The molecule has 1 aliphatic rings. The second-order valence-corrected chi connectivity index (χ2v) is 10.9. The van der Waals surface area contributed by atoms with Gasteiger partial charge in [0.2, 0.25) is 10.0 Å². The lowest BCUT2D eigenvalue weighted by molar-refractivity contribution is 0.554. The Morgan fingerprint density at radius 3 is 2.52 bits per heavy atom. The van der Waals surface area contributed by atoms with Crippen LogP contribution in [0.25, 0.3) is 0 Å². The highest BCUT2D eigenvalue weighted by molar-refractivity contribution is 9.10. The summed E-state index contributed by atoms with van der Waals surface area (Å²) in [6, 6.07) is 8.97. The Hall–Kier alpha value is -0.930. The molecule has 0 saturated heterocycles. The lowest BCUT2D eigenvalue weighted by Crippen LogP contribution is -2.27. The molecule has 1 aliphatic carbocycles. The van der Waals surface area contributed by atoms with Crippen LogP contribution in [0.15, 0.2) is 50.7 Å². The van der Waals surface area contributed by atoms with E-state index in [1.165, 1.54) is 18.2 Å². The third-order valence-electron chi connectivity index (χ3n) is 4.10. The molecule has 25 heavy (non-hydrogen) atoms. The van der Waals surface area contributed by atoms with E-state index in [4.69, 9.17) is 11.6 Å². The van der Waals surface area contributed by atoms with Crippen molar-refractivity contribution < 1.29 is 16.8 Å². The lowest BCUT2D eigenvalue weighted by Gasteiger charge is -2.16. The number of hydrogen-bond donors (Lipinski definition) is 1. The van der Waals surface area contributed by atoms with Gasteiger partial charge in [0.1, 0.15) is 0 Å². The van der Waals surface area contributed by atoms with Gasteiger partial charge in [-0.05, 0) is 70.2 Å². The molecule has 9 heteroatoms. The second kappa shape index (κ2) is 6.66. The summed E-state index contributed by atoms with van der Waals surface area (Å²) in [4.78, 5) is -0.146. The van der Waals surface area contributed by atoms with Crippen molar-refractivity contribution in [1.29, 1.82) is 0 Å².